The molecule has 0 amide bonds. The van der Waals surface area contributed by atoms with E-state index in [0.717, 1.165) is 18.0 Å². The maximum Gasteiger partial charge on any atom is 0.161 e. The number of rotatable bonds is 5. The Balaban J connectivity index is 2.10. The van der Waals surface area contributed by atoms with Gasteiger partial charge in [0.05, 0.1) is 0 Å². The highest BCUT2D eigenvalue weighted by molar-refractivity contribution is 6.00. The van der Waals surface area contributed by atoms with Crippen LogP contribution in [0.15, 0.2) is 18.2 Å². The summed E-state index contributed by atoms with van der Waals surface area (Å²) >= 11 is 0. The third-order valence-corrected chi connectivity index (χ3v) is 4.44. The SMILES string of the molecule is CCC(Nc1ccc(N)c(C(C)=O)c1)C1CCCCC1. The maximum atomic E-state index is 11.6. The van der Waals surface area contributed by atoms with Crippen molar-refractivity contribution in [2.75, 3.05) is 11.1 Å². The van der Waals surface area contributed by atoms with Crippen LogP contribution in [0, 0.1) is 5.92 Å². The lowest BCUT2D eigenvalue weighted by Crippen LogP contribution is -2.30. The largest absolute Gasteiger partial charge is 0.398 e. The lowest BCUT2D eigenvalue weighted by Gasteiger charge is -2.31. The van der Waals surface area contributed by atoms with Crippen LogP contribution in [-0.2, 0) is 0 Å². The van der Waals surface area contributed by atoms with Gasteiger partial charge in [0.2, 0.25) is 0 Å². The van der Waals surface area contributed by atoms with E-state index < -0.39 is 0 Å². The van der Waals surface area contributed by atoms with E-state index in [1.54, 1.807) is 6.92 Å². The summed E-state index contributed by atoms with van der Waals surface area (Å²) in [6.07, 6.45) is 7.83. The van der Waals surface area contributed by atoms with Crippen molar-refractivity contribution in [3.63, 3.8) is 0 Å². The fourth-order valence-corrected chi connectivity index (χ4v) is 3.25. The molecule has 0 bridgehead atoms. The highest BCUT2D eigenvalue weighted by Crippen LogP contribution is 2.30. The Morgan fingerprint density at radius 2 is 2.05 bits per heavy atom. The number of carbonyl (C=O) groups is 1. The van der Waals surface area contributed by atoms with Gasteiger partial charge in [-0.05, 0) is 50.3 Å². The summed E-state index contributed by atoms with van der Waals surface area (Å²) in [6, 6.07) is 6.20. The third kappa shape index (κ3) is 3.53. The fraction of sp³-hybridized carbons (Fsp3) is 0.588. The first kappa shape index (κ1) is 14.9. The molecule has 1 unspecified atom stereocenters. The lowest BCUT2D eigenvalue weighted by molar-refractivity contribution is 0.101. The minimum absolute atomic E-state index is 0.0249. The standard InChI is InChI=1S/C17H26N2O/c1-3-17(13-7-5-4-6-8-13)19-14-9-10-16(18)15(11-14)12(2)20/h9-11,13,17,19H,3-8,18H2,1-2H3. The predicted molar refractivity (Wildman–Crippen MR) is 85.1 cm³/mol. The zero-order chi connectivity index (χ0) is 14.5. The highest BCUT2D eigenvalue weighted by Gasteiger charge is 2.22. The Bertz CT molecular complexity index is 464. The van der Waals surface area contributed by atoms with Crippen LogP contribution in [-0.4, -0.2) is 11.8 Å². The number of hydrogen-bond donors (Lipinski definition) is 2. The lowest BCUT2D eigenvalue weighted by atomic mass is 9.83. The first-order valence-electron chi connectivity index (χ1n) is 7.78. The highest BCUT2D eigenvalue weighted by atomic mass is 16.1. The molecule has 0 heterocycles. The average molecular weight is 274 g/mol. The number of carbonyl (C=O) groups excluding carboxylic acids is 1. The van der Waals surface area contributed by atoms with Crippen molar-refractivity contribution in [2.45, 2.75) is 58.4 Å². The number of nitrogens with two attached hydrogens (primary N) is 1. The summed E-state index contributed by atoms with van der Waals surface area (Å²) in [4.78, 5) is 11.6. The monoisotopic (exact) mass is 274 g/mol. The average Bonchev–Trinajstić information content (AvgIpc) is 2.47. The molecule has 2 rings (SSSR count). The van der Waals surface area contributed by atoms with E-state index in [2.05, 4.69) is 12.2 Å². The van der Waals surface area contributed by atoms with Crippen molar-refractivity contribution >= 4 is 17.2 Å². The van der Waals surface area contributed by atoms with Crippen molar-refractivity contribution in [3.05, 3.63) is 23.8 Å². The molecular formula is C17H26N2O. The first-order valence-corrected chi connectivity index (χ1v) is 7.78. The molecule has 0 aliphatic heterocycles. The number of hydrogen-bond acceptors (Lipinski definition) is 3. The van der Waals surface area contributed by atoms with E-state index >= 15 is 0 Å². The van der Waals surface area contributed by atoms with Crippen LogP contribution in [0.25, 0.3) is 0 Å². The topological polar surface area (TPSA) is 55.1 Å². The quantitative estimate of drug-likeness (QED) is 0.623. The summed E-state index contributed by atoms with van der Waals surface area (Å²) < 4.78 is 0. The van der Waals surface area contributed by atoms with Crippen LogP contribution in [0.4, 0.5) is 11.4 Å². The molecule has 1 fully saturated rings. The molecule has 3 nitrogen and oxygen atoms in total. The van der Waals surface area contributed by atoms with Crippen LogP contribution in [0.2, 0.25) is 0 Å². The van der Waals surface area contributed by atoms with E-state index in [4.69, 9.17) is 5.73 Å². The Hall–Kier alpha value is -1.51. The van der Waals surface area contributed by atoms with Crippen LogP contribution < -0.4 is 11.1 Å². The van der Waals surface area contributed by atoms with Gasteiger partial charge in [-0.2, -0.15) is 0 Å². The first-order chi connectivity index (χ1) is 9.61. The van der Waals surface area contributed by atoms with Gasteiger partial charge in [0, 0.05) is 23.0 Å². The molecule has 1 aromatic carbocycles. The van der Waals surface area contributed by atoms with Crippen LogP contribution in [0.5, 0.6) is 0 Å². The van der Waals surface area contributed by atoms with E-state index in [-0.39, 0.29) is 5.78 Å². The van der Waals surface area contributed by atoms with Gasteiger partial charge in [0.25, 0.3) is 0 Å². The van der Waals surface area contributed by atoms with Crippen molar-refractivity contribution < 1.29 is 4.79 Å². The van der Waals surface area contributed by atoms with Gasteiger partial charge < -0.3 is 11.1 Å². The summed E-state index contributed by atoms with van der Waals surface area (Å²) in [6.45, 7) is 3.80. The molecule has 20 heavy (non-hydrogen) atoms. The van der Waals surface area contributed by atoms with Crippen LogP contribution >= 0.6 is 0 Å². The minimum Gasteiger partial charge on any atom is -0.398 e. The molecule has 1 atom stereocenters. The molecule has 3 N–H and O–H groups in total. The molecule has 3 heteroatoms. The molecule has 1 saturated carbocycles. The number of Topliss-reactive ketones (excluding diaryl/α,β-unsaturated/α-hetero) is 1. The molecule has 0 saturated heterocycles. The summed E-state index contributed by atoms with van der Waals surface area (Å²) in [5.74, 6) is 0.781. The van der Waals surface area contributed by atoms with E-state index in [9.17, 15) is 4.79 Å². The zero-order valence-electron chi connectivity index (χ0n) is 12.6. The fourth-order valence-electron chi connectivity index (χ4n) is 3.25. The molecular weight excluding hydrogens is 248 g/mol. The number of ketones is 1. The Morgan fingerprint density at radius 1 is 1.35 bits per heavy atom. The van der Waals surface area contributed by atoms with E-state index in [1.165, 1.54) is 32.1 Å². The second-order valence-corrected chi connectivity index (χ2v) is 5.92. The van der Waals surface area contributed by atoms with Gasteiger partial charge in [-0.25, -0.2) is 0 Å². The van der Waals surface area contributed by atoms with Gasteiger partial charge >= 0.3 is 0 Å². The number of benzene rings is 1. The normalized spacial score (nSPS) is 17.7. The molecule has 1 aromatic rings. The molecule has 110 valence electrons. The van der Waals surface area contributed by atoms with Gasteiger partial charge in [-0.1, -0.05) is 26.2 Å². The zero-order valence-corrected chi connectivity index (χ0v) is 12.6. The third-order valence-electron chi connectivity index (χ3n) is 4.44. The van der Waals surface area contributed by atoms with Gasteiger partial charge in [-0.15, -0.1) is 0 Å². The number of nitrogens with one attached hydrogen (secondary N) is 1. The van der Waals surface area contributed by atoms with E-state index in [1.807, 2.05) is 18.2 Å². The Morgan fingerprint density at radius 3 is 2.65 bits per heavy atom. The second-order valence-electron chi connectivity index (χ2n) is 5.92. The molecule has 0 radical (unpaired) electrons. The second kappa shape index (κ2) is 6.78. The molecule has 0 spiro atoms. The van der Waals surface area contributed by atoms with E-state index in [0.29, 0.717) is 17.3 Å². The molecule has 1 aliphatic carbocycles. The summed E-state index contributed by atoms with van der Waals surface area (Å²) in [7, 11) is 0. The summed E-state index contributed by atoms with van der Waals surface area (Å²) in [5, 5.41) is 3.61. The Kier molecular flexibility index (Phi) is 5.05. The van der Waals surface area contributed by atoms with Crippen molar-refractivity contribution in [1.29, 1.82) is 0 Å². The smallest absolute Gasteiger partial charge is 0.161 e. The molecule has 1 aliphatic rings. The van der Waals surface area contributed by atoms with Crippen LogP contribution in [0.1, 0.15) is 62.7 Å². The predicted octanol–water partition coefficient (Wildman–Crippen LogP) is 4.24. The van der Waals surface area contributed by atoms with Crippen molar-refractivity contribution in [1.82, 2.24) is 0 Å². The maximum absolute atomic E-state index is 11.6. The number of nitrogen functional groups attached to an aromatic ring is 1. The van der Waals surface area contributed by atoms with Crippen LogP contribution in [0.3, 0.4) is 0 Å². The van der Waals surface area contributed by atoms with Gasteiger partial charge in [-0.3, -0.25) is 4.79 Å². The van der Waals surface area contributed by atoms with Crippen molar-refractivity contribution in [2.24, 2.45) is 5.92 Å². The molecule has 0 aromatic heterocycles. The van der Waals surface area contributed by atoms with Crippen molar-refractivity contribution in [3.8, 4) is 0 Å². The summed E-state index contributed by atoms with van der Waals surface area (Å²) in [5.41, 5.74) is 8.05. The Labute approximate surface area is 121 Å². The van der Waals surface area contributed by atoms with Gasteiger partial charge in [0.15, 0.2) is 5.78 Å². The minimum atomic E-state index is 0.0249. The van der Waals surface area contributed by atoms with Gasteiger partial charge in [0.1, 0.15) is 0 Å². The number of anilines is 2.